The smallest absolute Gasteiger partial charge is 0.274 e. The second-order valence-electron chi connectivity index (χ2n) is 2.41. The maximum atomic E-state index is 11.4. The Morgan fingerprint density at radius 2 is 2.46 bits per heavy atom. The molecule has 5 heteroatoms. The quantitative estimate of drug-likeness (QED) is 0.598. The lowest BCUT2D eigenvalue weighted by Crippen LogP contribution is -2.27. The van der Waals surface area contributed by atoms with Crippen molar-refractivity contribution in [2.75, 3.05) is 13.6 Å². The molecule has 1 aromatic rings. The lowest BCUT2D eigenvalue weighted by Gasteiger charge is -2.10. The Morgan fingerprint density at radius 1 is 1.69 bits per heavy atom. The van der Waals surface area contributed by atoms with Gasteiger partial charge in [-0.2, -0.15) is 5.26 Å². The van der Waals surface area contributed by atoms with Crippen LogP contribution in [0.25, 0.3) is 0 Å². The van der Waals surface area contributed by atoms with Crippen molar-refractivity contribution in [1.29, 1.82) is 5.26 Å². The van der Waals surface area contributed by atoms with E-state index in [0.717, 1.165) is 0 Å². The van der Waals surface area contributed by atoms with Gasteiger partial charge in [0.05, 0.1) is 12.3 Å². The Balaban J connectivity index is 2.75. The molecule has 0 unspecified atom stereocenters. The molecule has 5 nitrogen and oxygen atoms in total. The summed E-state index contributed by atoms with van der Waals surface area (Å²) in [5.74, 6) is -0.297. The Kier molecular flexibility index (Phi) is 2.92. The summed E-state index contributed by atoms with van der Waals surface area (Å²) >= 11 is 0. The van der Waals surface area contributed by atoms with E-state index in [1.165, 1.54) is 23.5 Å². The van der Waals surface area contributed by atoms with E-state index in [1.807, 2.05) is 6.07 Å². The molecule has 0 aliphatic carbocycles. The molecule has 0 saturated carbocycles. The largest absolute Gasteiger partial charge is 0.327 e. The van der Waals surface area contributed by atoms with Gasteiger partial charge in [0.25, 0.3) is 5.91 Å². The van der Waals surface area contributed by atoms with Gasteiger partial charge in [-0.25, -0.2) is 4.98 Å². The average Bonchev–Trinajstić information content (AvgIpc) is 2.18. The molecule has 13 heavy (non-hydrogen) atoms. The van der Waals surface area contributed by atoms with Gasteiger partial charge >= 0.3 is 0 Å². The molecule has 0 aromatic carbocycles. The lowest BCUT2D eigenvalue weighted by atomic mass is 10.4. The zero-order chi connectivity index (χ0) is 9.68. The molecular formula is C8H8N4O. The predicted molar refractivity (Wildman–Crippen MR) is 44.6 cm³/mol. The summed E-state index contributed by atoms with van der Waals surface area (Å²) in [5.41, 5.74) is 0.250. The summed E-state index contributed by atoms with van der Waals surface area (Å²) in [6, 6.07) is 1.88. The van der Waals surface area contributed by atoms with Gasteiger partial charge < -0.3 is 4.90 Å². The monoisotopic (exact) mass is 176 g/mol. The maximum absolute atomic E-state index is 11.4. The van der Waals surface area contributed by atoms with Gasteiger partial charge in [0.15, 0.2) is 0 Å². The van der Waals surface area contributed by atoms with Crippen molar-refractivity contribution in [2.24, 2.45) is 0 Å². The van der Waals surface area contributed by atoms with Crippen molar-refractivity contribution in [3.8, 4) is 6.07 Å². The minimum Gasteiger partial charge on any atom is -0.327 e. The molecule has 0 radical (unpaired) electrons. The fraction of sp³-hybridized carbons (Fsp3) is 0.250. The second kappa shape index (κ2) is 4.16. The van der Waals surface area contributed by atoms with Crippen LogP contribution in [0.15, 0.2) is 18.6 Å². The standard InChI is InChI=1S/C8H8N4O/c1-12(5-2-9)8(13)7-6-10-3-4-11-7/h3-4,6H,5H2,1H3. The molecule has 0 aliphatic heterocycles. The van der Waals surface area contributed by atoms with Crippen molar-refractivity contribution < 1.29 is 4.79 Å². The first-order chi connectivity index (χ1) is 6.25. The van der Waals surface area contributed by atoms with Gasteiger partial charge in [0.1, 0.15) is 12.2 Å². The van der Waals surface area contributed by atoms with Crippen LogP contribution < -0.4 is 0 Å². The summed E-state index contributed by atoms with van der Waals surface area (Å²) in [4.78, 5) is 20.3. The number of carbonyl (C=O) groups excluding carboxylic acids is 1. The molecule has 0 aliphatic rings. The average molecular weight is 176 g/mol. The number of rotatable bonds is 2. The molecule has 0 saturated heterocycles. The molecular weight excluding hydrogens is 168 g/mol. The third-order valence-electron chi connectivity index (χ3n) is 1.44. The van der Waals surface area contributed by atoms with E-state index in [2.05, 4.69) is 9.97 Å². The summed E-state index contributed by atoms with van der Waals surface area (Å²) < 4.78 is 0. The van der Waals surface area contributed by atoms with Crippen molar-refractivity contribution in [3.63, 3.8) is 0 Å². The number of nitriles is 1. The van der Waals surface area contributed by atoms with Crippen LogP contribution in [0.4, 0.5) is 0 Å². The highest BCUT2D eigenvalue weighted by Gasteiger charge is 2.11. The third kappa shape index (κ3) is 2.24. The summed E-state index contributed by atoms with van der Waals surface area (Å²) in [7, 11) is 1.54. The van der Waals surface area contributed by atoms with Gasteiger partial charge in [-0.1, -0.05) is 0 Å². The number of hydrogen-bond donors (Lipinski definition) is 0. The van der Waals surface area contributed by atoms with Crippen LogP contribution in [-0.2, 0) is 0 Å². The van der Waals surface area contributed by atoms with E-state index >= 15 is 0 Å². The van der Waals surface area contributed by atoms with Crippen LogP contribution in [0.5, 0.6) is 0 Å². The third-order valence-corrected chi connectivity index (χ3v) is 1.44. The van der Waals surface area contributed by atoms with Crippen molar-refractivity contribution in [2.45, 2.75) is 0 Å². The SMILES string of the molecule is CN(CC#N)C(=O)c1cnccn1. The van der Waals surface area contributed by atoms with Crippen LogP contribution in [0, 0.1) is 11.3 Å². The van der Waals surface area contributed by atoms with Crippen LogP contribution in [0.3, 0.4) is 0 Å². The van der Waals surface area contributed by atoms with E-state index in [4.69, 9.17) is 5.26 Å². The van der Waals surface area contributed by atoms with E-state index in [-0.39, 0.29) is 18.1 Å². The number of hydrogen-bond acceptors (Lipinski definition) is 4. The van der Waals surface area contributed by atoms with E-state index in [1.54, 1.807) is 7.05 Å². The zero-order valence-electron chi connectivity index (χ0n) is 7.14. The highest BCUT2D eigenvalue weighted by Crippen LogP contribution is 1.95. The summed E-state index contributed by atoms with van der Waals surface area (Å²) in [6.45, 7) is 0.0510. The molecule has 0 atom stereocenters. The first-order valence-corrected chi connectivity index (χ1v) is 3.64. The first-order valence-electron chi connectivity index (χ1n) is 3.64. The Hall–Kier alpha value is -1.96. The lowest BCUT2D eigenvalue weighted by molar-refractivity contribution is 0.0806. The molecule has 0 spiro atoms. The topological polar surface area (TPSA) is 69.9 Å². The van der Waals surface area contributed by atoms with Crippen LogP contribution in [0.2, 0.25) is 0 Å². The molecule has 0 N–H and O–H groups in total. The van der Waals surface area contributed by atoms with Gasteiger partial charge in [-0.3, -0.25) is 9.78 Å². The minimum absolute atomic E-state index is 0.0510. The summed E-state index contributed by atoms with van der Waals surface area (Å²) in [5, 5.41) is 8.35. The molecule has 0 fully saturated rings. The van der Waals surface area contributed by atoms with Crippen LogP contribution >= 0.6 is 0 Å². The number of nitrogens with zero attached hydrogens (tertiary/aromatic N) is 4. The zero-order valence-corrected chi connectivity index (χ0v) is 7.14. The van der Waals surface area contributed by atoms with E-state index in [0.29, 0.717) is 0 Å². The molecule has 66 valence electrons. The molecule has 1 rings (SSSR count). The van der Waals surface area contributed by atoms with Gasteiger partial charge in [0.2, 0.25) is 0 Å². The van der Waals surface area contributed by atoms with Crippen molar-refractivity contribution in [1.82, 2.24) is 14.9 Å². The maximum Gasteiger partial charge on any atom is 0.274 e. The Morgan fingerprint density at radius 3 is 3.00 bits per heavy atom. The fourth-order valence-electron chi connectivity index (χ4n) is 0.783. The van der Waals surface area contributed by atoms with Crippen LogP contribution in [0.1, 0.15) is 10.5 Å². The predicted octanol–water partition coefficient (Wildman–Crippen LogP) is 0.0722. The molecule has 1 aromatic heterocycles. The van der Waals surface area contributed by atoms with Crippen molar-refractivity contribution >= 4 is 5.91 Å². The van der Waals surface area contributed by atoms with E-state index in [9.17, 15) is 4.79 Å². The van der Waals surface area contributed by atoms with Gasteiger partial charge in [0, 0.05) is 19.4 Å². The minimum atomic E-state index is -0.297. The van der Waals surface area contributed by atoms with Crippen LogP contribution in [-0.4, -0.2) is 34.4 Å². The number of aromatic nitrogens is 2. The number of carbonyl (C=O) groups is 1. The fourth-order valence-corrected chi connectivity index (χ4v) is 0.783. The molecule has 0 bridgehead atoms. The Labute approximate surface area is 75.6 Å². The van der Waals surface area contributed by atoms with Crippen molar-refractivity contribution in [3.05, 3.63) is 24.3 Å². The summed E-state index contributed by atoms with van der Waals surface area (Å²) in [6.07, 6.45) is 4.30. The highest BCUT2D eigenvalue weighted by molar-refractivity contribution is 5.91. The molecule has 1 heterocycles. The first kappa shape index (κ1) is 9.13. The highest BCUT2D eigenvalue weighted by atomic mass is 16.2. The second-order valence-corrected chi connectivity index (χ2v) is 2.41. The molecule has 1 amide bonds. The normalized spacial score (nSPS) is 8.92. The van der Waals surface area contributed by atoms with E-state index < -0.39 is 0 Å². The van der Waals surface area contributed by atoms with Gasteiger partial charge in [-0.05, 0) is 0 Å². The van der Waals surface area contributed by atoms with Gasteiger partial charge in [-0.15, -0.1) is 0 Å². The Bertz CT molecular complexity index is 330. The number of amides is 1.